The fraction of sp³-hybridized carbons (Fsp3) is 0.350. The summed E-state index contributed by atoms with van der Waals surface area (Å²) in [6.07, 6.45) is 4.60. The predicted molar refractivity (Wildman–Crippen MR) is 111 cm³/mol. The van der Waals surface area contributed by atoms with Gasteiger partial charge in [0.2, 0.25) is 0 Å². The van der Waals surface area contributed by atoms with Crippen LogP contribution in [0.4, 0.5) is 11.5 Å². The molecule has 0 aromatic carbocycles. The van der Waals surface area contributed by atoms with Crippen molar-refractivity contribution in [3.63, 3.8) is 0 Å². The second-order valence-electron chi connectivity index (χ2n) is 7.35. The molecule has 9 nitrogen and oxygen atoms in total. The zero-order chi connectivity index (χ0) is 21.1. The molecular formula is C20H25N7O2. The molecule has 0 spiro atoms. The number of fused-ring (bicyclic) bond motifs is 1. The Labute approximate surface area is 168 Å². The summed E-state index contributed by atoms with van der Waals surface area (Å²) in [6.45, 7) is 8.11. The van der Waals surface area contributed by atoms with Crippen LogP contribution in [-0.2, 0) is 16.1 Å². The minimum atomic E-state index is -0.756. The Hall–Kier alpha value is -3.49. The summed E-state index contributed by atoms with van der Waals surface area (Å²) >= 11 is 0. The zero-order valence-corrected chi connectivity index (χ0v) is 16.9. The highest BCUT2D eigenvalue weighted by molar-refractivity contribution is 6.40. The largest absolute Gasteiger partial charge is 0.383 e. The van der Waals surface area contributed by atoms with Crippen LogP contribution in [0.5, 0.6) is 0 Å². The first-order valence-electron chi connectivity index (χ1n) is 9.39. The third-order valence-corrected chi connectivity index (χ3v) is 5.12. The van der Waals surface area contributed by atoms with Gasteiger partial charge in [0.05, 0.1) is 41.2 Å². The molecule has 0 aliphatic rings. The number of aromatic amines is 1. The highest BCUT2D eigenvalue weighted by atomic mass is 16.2. The molecule has 0 aliphatic heterocycles. The molecule has 0 saturated carbocycles. The van der Waals surface area contributed by atoms with Gasteiger partial charge in [0.25, 0.3) is 0 Å². The Morgan fingerprint density at radius 1 is 1.24 bits per heavy atom. The van der Waals surface area contributed by atoms with Gasteiger partial charge < -0.3 is 16.0 Å². The highest BCUT2D eigenvalue weighted by Gasteiger charge is 2.29. The third kappa shape index (κ3) is 4.18. The van der Waals surface area contributed by atoms with E-state index in [1.165, 1.54) is 12.4 Å². The van der Waals surface area contributed by atoms with E-state index in [0.29, 0.717) is 22.4 Å². The molecule has 3 aromatic heterocycles. The maximum Gasteiger partial charge on any atom is 0.314 e. The van der Waals surface area contributed by atoms with Crippen molar-refractivity contribution in [2.75, 3.05) is 11.1 Å². The van der Waals surface area contributed by atoms with E-state index in [0.717, 1.165) is 11.3 Å². The van der Waals surface area contributed by atoms with Crippen LogP contribution < -0.4 is 11.1 Å². The van der Waals surface area contributed by atoms with E-state index in [9.17, 15) is 9.59 Å². The van der Waals surface area contributed by atoms with Gasteiger partial charge in [0, 0.05) is 12.2 Å². The molecule has 29 heavy (non-hydrogen) atoms. The van der Waals surface area contributed by atoms with Crippen molar-refractivity contribution in [3.05, 3.63) is 42.0 Å². The third-order valence-electron chi connectivity index (χ3n) is 5.12. The number of hydrogen-bond acceptors (Lipinski definition) is 6. The number of aromatic nitrogens is 4. The molecule has 0 unspecified atom stereocenters. The average Bonchev–Trinajstić information content (AvgIpc) is 3.19. The average molecular weight is 395 g/mol. The summed E-state index contributed by atoms with van der Waals surface area (Å²) in [7, 11) is 0. The van der Waals surface area contributed by atoms with Gasteiger partial charge >= 0.3 is 11.8 Å². The molecule has 9 heteroatoms. The SMILES string of the molecule is Cc1cccnc1CN(C(=O)C(=O)Nc1cnc(N)c2cn[nH]c12)[C@@H](C)C(C)C. The van der Waals surface area contributed by atoms with Crippen LogP contribution >= 0.6 is 0 Å². The molecule has 3 heterocycles. The molecule has 3 aromatic rings. The lowest BCUT2D eigenvalue weighted by Crippen LogP contribution is -2.46. The van der Waals surface area contributed by atoms with Crippen molar-refractivity contribution in [2.45, 2.75) is 40.3 Å². The first-order chi connectivity index (χ1) is 13.8. The van der Waals surface area contributed by atoms with Crippen molar-refractivity contribution in [2.24, 2.45) is 5.92 Å². The van der Waals surface area contributed by atoms with Gasteiger partial charge in [-0.15, -0.1) is 0 Å². The minimum absolute atomic E-state index is 0.160. The Bertz CT molecular complexity index is 1040. The van der Waals surface area contributed by atoms with Crippen molar-refractivity contribution >= 4 is 34.2 Å². The smallest absolute Gasteiger partial charge is 0.314 e. The van der Waals surface area contributed by atoms with Crippen molar-refractivity contribution in [1.82, 2.24) is 25.1 Å². The van der Waals surface area contributed by atoms with E-state index in [4.69, 9.17) is 5.73 Å². The number of pyridine rings is 2. The standard InChI is InChI=1S/C20H25N7O2/c1-11(2)13(4)27(10-16-12(3)6-5-7-22-16)20(29)19(28)25-15-9-23-18(21)14-8-24-26-17(14)15/h5-9,11,13H,10H2,1-4H3,(H2,21,23)(H,24,26)(H,25,28)/t13-/m0/s1. The molecule has 1 atom stereocenters. The Kier molecular flexibility index (Phi) is 5.76. The van der Waals surface area contributed by atoms with Gasteiger partial charge in [-0.2, -0.15) is 5.10 Å². The Morgan fingerprint density at radius 3 is 2.69 bits per heavy atom. The number of carbonyl (C=O) groups excluding carboxylic acids is 2. The number of carbonyl (C=O) groups is 2. The lowest BCUT2D eigenvalue weighted by molar-refractivity contribution is -0.145. The summed E-state index contributed by atoms with van der Waals surface area (Å²) in [6, 6.07) is 3.61. The van der Waals surface area contributed by atoms with Gasteiger partial charge in [0.15, 0.2) is 0 Å². The summed E-state index contributed by atoms with van der Waals surface area (Å²) in [5.41, 5.74) is 8.39. The van der Waals surface area contributed by atoms with E-state index in [2.05, 4.69) is 25.5 Å². The molecule has 0 bridgehead atoms. The van der Waals surface area contributed by atoms with E-state index in [1.807, 2.05) is 39.8 Å². The van der Waals surface area contributed by atoms with Crippen molar-refractivity contribution in [1.29, 1.82) is 0 Å². The maximum atomic E-state index is 13.1. The van der Waals surface area contributed by atoms with E-state index in [1.54, 1.807) is 11.1 Å². The van der Waals surface area contributed by atoms with Crippen molar-refractivity contribution < 1.29 is 9.59 Å². The number of nitrogens with one attached hydrogen (secondary N) is 2. The molecule has 3 rings (SSSR count). The number of nitrogens with two attached hydrogens (primary N) is 1. The number of aryl methyl sites for hydroxylation is 1. The lowest BCUT2D eigenvalue weighted by Gasteiger charge is -2.31. The molecule has 2 amide bonds. The molecule has 4 N–H and O–H groups in total. The monoisotopic (exact) mass is 395 g/mol. The summed E-state index contributed by atoms with van der Waals surface area (Å²) in [5, 5.41) is 9.91. The second kappa shape index (κ2) is 8.26. The molecule has 0 radical (unpaired) electrons. The molecule has 0 aliphatic carbocycles. The van der Waals surface area contributed by atoms with Gasteiger partial charge in [-0.1, -0.05) is 19.9 Å². The second-order valence-corrected chi connectivity index (χ2v) is 7.35. The number of rotatable bonds is 5. The van der Waals surface area contributed by atoms with Crippen LogP contribution in [0.3, 0.4) is 0 Å². The zero-order valence-electron chi connectivity index (χ0n) is 16.9. The number of hydrogen-bond donors (Lipinski definition) is 3. The summed E-state index contributed by atoms with van der Waals surface area (Å²) < 4.78 is 0. The van der Waals surface area contributed by atoms with Crippen LogP contribution in [-0.4, -0.2) is 42.9 Å². The molecule has 152 valence electrons. The number of nitrogen functional groups attached to an aromatic ring is 1. The van der Waals surface area contributed by atoms with Gasteiger partial charge in [-0.25, -0.2) is 4.98 Å². The molecule has 0 saturated heterocycles. The van der Waals surface area contributed by atoms with Crippen LogP contribution in [0.25, 0.3) is 10.9 Å². The van der Waals surface area contributed by atoms with Crippen molar-refractivity contribution in [3.8, 4) is 0 Å². The number of amides is 2. The van der Waals surface area contributed by atoms with E-state index in [-0.39, 0.29) is 18.5 Å². The number of nitrogens with zero attached hydrogens (tertiary/aromatic N) is 4. The van der Waals surface area contributed by atoms with Gasteiger partial charge in [-0.05, 0) is 31.4 Å². The minimum Gasteiger partial charge on any atom is -0.383 e. The first kappa shape index (κ1) is 20.2. The predicted octanol–water partition coefficient (Wildman–Crippen LogP) is 2.26. The lowest BCUT2D eigenvalue weighted by atomic mass is 10.0. The Morgan fingerprint density at radius 2 is 2.00 bits per heavy atom. The Balaban J connectivity index is 1.86. The topological polar surface area (TPSA) is 130 Å². The van der Waals surface area contributed by atoms with Crippen LogP contribution in [0.15, 0.2) is 30.7 Å². The van der Waals surface area contributed by atoms with Crippen LogP contribution in [0.2, 0.25) is 0 Å². The van der Waals surface area contributed by atoms with E-state index < -0.39 is 11.8 Å². The normalized spacial score (nSPS) is 12.2. The van der Waals surface area contributed by atoms with Gasteiger partial charge in [-0.3, -0.25) is 19.7 Å². The van der Waals surface area contributed by atoms with E-state index >= 15 is 0 Å². The molecule has 0 fully saturated rings. The van der Waals surface area contributed by atoms with Crippen LogP contribution in [0.1, 0.15) is 32.0 Å². The fourth-order valence-corrected chi connectivity index (χ4v) is 2.96. The van der Waals surface area contributed by atoms with Crippen LogP contribution in [0, 0.1) is 12.8 Å². The molecular weight excluding hydrogens is 370 g/mol. The number of H-pyrrole nitrogens is 1. The summed E-state index contributed by atoms with van der Waals surface area (Å²) in [4.78, 5) is 35.8. The quantitative estimate of drug-likeness (QED) is 0.568. The number of anilines is 2. The highest BCUT2D eigenvalue weighted by Crippen LogP contribution is 2.24. The fourth-order valence-electron chi connectivity index (χ4n) is 2.96. The summed E-state index contributed by atoms with van der Waals surface area (Å²) in [5.74, 6) is -0.943. The first-order valence-corrected chi connectivity index (χ1v) is 9.39. The van der Waals surface area contributed by atoms with Gasteiger partial charge in [0.1, 0.15) is 5.82 Å². The maximum absolute atomic E-state index is 13.1.